The molecular weight excluding hydrogens is 436 g/mol. The number of nitrogens with zero attached hydrogens (tertiary/aromatic N) is 1. The van der Waals surface area contributed by atoms with Gasteiger partial charge in [0.1, 0.15) is 18.9 Å². The molecule has 0 saturated carbocycles. The van der Waals surface area contributed by atoms with Crippen molar-refractivity contribution in [2.75, 3.05) is 17.5 Å². The zero-order chi connectivity index (χ0) is 24.0. The molecule has 1 atom stereocenters. The van der Waals surface area contributed by atoms with Crippen LogP contribution in [0.5, 0.6) is 5.75 Å². The van der Waals surface area contributed by atoms with Crippen molar-refractivity contribution in [3.05, 3.63) is 89.5 Å². The van der Waals surface area contributed by atoms with Gasteiger partial charge < -0.3 is 10.1 Å². The number of hydrogen-bond acceptors (Lipinski definition) is 4. The minimum atomic E-state index is -3.94. The van der Waals surface area contributed by atoms with E-state index in [1.807, 2.05) is 58.0 Å². The molecule has 0 aliphatic carbocycles. The lowest BCUT2D eigenvalue weighted by molar-refractivity contribution is -0.120. The van der Waals surface area contributed by atoms with E-state index in [0.717, 1.165) is 16.7 Å². The Hall–Kier alpha value is -3.32. The quantitative estimate of drug-likeness (QED) is 0.507. The third-order valence-corrected chi connectivity index (χ3v) is 7.17. The number of carbonyl (C=O) groups excluding carboxylic acids is 1. The molecule has 0 radical (unpaired) electrons. The Morgan fingerprint density at radius 3 is 2.27 bits per heavy atom. The number of aryl methyl sites for hydroxylation is 2. The topological polar surface area (TPSA) is 75.7 Å². The number of sulfonamides is 1. The summed E-state index contributed by atoms with van der Waals surface area (Å²) in [5.74, 6) is 0.306. The van der Waals surface area contributed by atoms with Crippen molar-refractivity contribution < 1.29 is 17.9 Å². The first-order valence-corrected chi connectivity index (χ1v) is 12.3. The summed E-state index contributed by atoms with van der Waals surface area (Å²) in [6.45, 7) is 7.52. The predicted molar refractivity (Wildman–Crippen MR) is 131 cm³/mol. The maximum atomic E-state index is 13.5. The van der Waals surface area contributed by atoms with Crippen molar-refractivity contribution >= 4 is 21.6 Å². The van der Waals surface area contributed by atoms with Crippen LogP contribution in [0.4, 0.5) is 5.69 Å². The average molecular weight is 467 g/mol. The first kappa shape index (κ1) is 24.3. The van der Waals surface area contributed by atoms with E-state index >= 15 is 0 Å². The molecule has 3 aromatic rings. The van der Waals surface area contributed by atoms with E-state index in [1.54, 1.807) is 30.3 Å². The molecule has 1 amide bonds. The maximum absolute atomic E-state index is 13.5. The lowest BCUT2D eigenvalue weighted by Crippen LogP contribution is -2.45. The zero-order valence-corrected chi connectivity index (χ0v) is 20.2. The van der Waals surface area contributed by atoms with Crippen LogP contribution < -0.4 is 14.4 Å². The highest BCUT2D eigenvalue weighted by atomic mass is 32.2. The summed E-state index contributed by atoms with van der Waals surface area (Å²) in [6, 6.07) is 20.9. The zero-order valence-electron chi connectivity index (χ0n) is 19.4. The van der Waals surface area contributed by atoms with E-state index in [1.165, 1.54) is 16.4 Å². The molecule has 7 heteroatoms. The van der Waals surface area contributed by atoms with Gasteiger partial charge in [0.25, 0.3) is 10.0 Å². The molecule has 0 fully saturated rings. The van der Waals surface area contributed by atoms with Crippen LogP contribution in [0, 0.1) is 20.8 Å². The number of ether oxygens (including phenoxy) is 1. The maximum Gasteiger partial charge on any atom is 0.264 e. The Balaban J connectivity index is 1.77. The lowest BCUT2D eigenvalue weighted by atomic mass is 10.1. The van der Waals surface area contributed by atoms with Crippen LogP contribution in [0.15, 0.2) is 77.7 Å². The van der Waals surface area contributed by atoms with Gasteiger partial charge in [0.15, 0.2) is 0 Å². The third kappa shape index (κ3) is 6.14. The van der Waals surface area contributed by atoms with Crippen molar-refractivity contribution in [2.24, 2.45) is 0 Å². The van der Waals surface area contributed by atoms with Gasteiger partial charge in [-0.25, -0.2) is 8.42 Å². The summed E-state index contributed by atoms with van der Waals surface area (Å²) in [5, 5.41) is 2.85. The van der Waals surface area contributed by atoms with Gasteiger partial charge in [-0.1, -0.05) is 48.0 Å². The second kappa shape index (κ2) is 10.5. The summed E-state index contributed by atoms with van der Waals surface area (Å²) >= 11 is 0. The number of anilines is 1. The molecule has 0 aliphatic heterocycles. The fraction of sp³-hybridized carbons (Fsp3) is 0.269. The molecular formula is C26H30N2O4S. The monoisotopic (exact) mass is 466 g/mol. The van der Waals surface area contributed by atoms with Crippen LogP contribution in [0.1, 0.15) is 23.6 Å². The van der Waals surface area contributed by atoms with Gasteiger partial charge in [-0.2, -0.15) is 0 Å². The molecule has 0 saturated heterocycles. The highest BCUT2D eigenvalue weighted by Crippen LogP contribution is 2.28. The highest BCUT2D eigenvalue weighted by molar-refractivity contribution is 7.92. The Kier molecular flexibility index (Phi) is 7.76. The van der Waals surface area contributed by atoms with Crippen LogP contribution in [-0.4, -0.2) is 33.5 Å². The number of rotatable bonds is 9. The van der Waals surface area contributed by atoms with Gasteiger partial charge in [0, 0.05) is 0 Å². The molecule has 0 heterocycles. The van der Waals surface area contributed by atoms with Gasteiger partial charge in [0.05, 0.1) is 16.6 Å². The smallest absolute Gasteiger partial charge is 0.264 e. The molecule has 0 aromatic heterocycles. The van der Waals surface area contributed by atoms with Gasteiger partial charge in [-0.05, 0) is 69.2 Å². The second-order valence-corrected chi connectivity index (χ2v) is 10.00. The van der Waals surface area contributed by atoms with Crippen molar-refractivity contribution in [1.29, 1.82) is 0 Å². The van der Waals surface area contributed by atoms with E-state index < -0.39 is 15.9 Å². The van der Waals surface area contributed by atoms with Crippen molar-refractivity contribution in [2.45, 2.75) is 38.6 Å². The van der Waals surface area contributed by atoms with Gasteiger partial charge in [-0.3, -0.25) is 9.10 Å². The van der Waals surface area contributed by atoms with Crippen molar-refractivity contribution in [1.82, 2.24) is 5.32 Å². The first-order chi connectivity index (χ1) is 15.7. The van der Waals surface area contributed by atoms with E-state index in [2.05, 4.69) is 5.32 Å². The standard InChI is InChI=1S/C26H30N2O4S/c1-19-13-15-23(16-14-19)32-18-21(3)27-26(29)17-28(25-12-8-9-20(2)22(25)4)33(30,31)24-10-6-5-7-11-24/h5-16,21H,17-18H2,1-4H3,(H,27,29). The number of nitrogens with one attached hydrogen (secondary N) is 1. The minimum Gasteiger partial charge on any atom is -0.491 e. The molecule has 3 rings (SSSR count). The number of hydrogen-bond donors (Lipinski definition) is 1. The van der Waals surface area contributed by atoms with E-state index in [0.29, 0.717) is 11.4 Å². The van der Waals surface area contributed by atoms with E-state index in [9.17, 15) is 13.2 Å². The fourth-order valence-electron chi connectivity index (χ4n) is 3.37. The summed E-state index contributed by atoms with van der Waals surface area (Å²) < 4.78 is 33.9. The molecule has 0 bridgehead atoms. The van der Waals surface area contributed by atoms with Crippen molar-refractivity contribution in [3.8, 4) is 5.75 Å². The molecule has 33 heavy (non-hydrogen) atoms. The van der Waals surface area contributed by atoms with E-state index in [4.69, 9.17) is 4.74 Å². The van der Waals surface area contributed by atoms with Crippen LogP contribution in [0.2, 0.25) is 0 Å². The van der Waals surface area contributed by atoms with E-state index in [-0.39, 0.29) is 24.1 Å². The molecule has 6 nitrogen and oxygen atoms in total. The second-order valence-electron chi connectivity index (χ2n) is 8.14. The Bertz CT molecular complexity index is 1190. The van der Waals surface area contributed by atoms with Crippen LogP contribution in [0.25, 0.3) is 0 Å². The van der Waals surface area contributed by atoms with Gasteiger partial charge >= 0.3 is 0 Å². The number of carbonyl (C=O) groups is 1. The molecule has 3 aromatic carbocycles. The van der Waals surface area contributed by atoms with Crippen molar-refractivity contribution in [3.63, 3.8) is 0 Å². The average Bonchev–Trinajstić information content (AvgIpc) is 2.79. The van der Waals surface area contributed by atoms with Crippen LogP contribution in [0.3, 0.4) is 0 Å². The lowest BCUT2D eigenvalue weighted by Gasteiger charge is -2.27. The predicted octanol–water partition coefficient (Wildman–Crippen LogP) is 4.39. The minimum absolute atomic E-state index is 0.134. The summed E-state index contributed by atoms with van der Waals surface area (Å²) in [6.07, 6.45) is 0. The molecule has 1 N–H and O–H groups in total. The van der Waals surface area contributed by atoms with Crippen LogP contribution in [-0.2, 0) is 14.8 Å². The largest absolute Gasteiger partial charge is 0.491 e. The van der Waals surface area contributed by atoms with Gasteiger partial charge in [0.2, 0.25) is 5.91 Å². The fourth-order valence-corrected chi connectivity index (χ4v) is 4.87. The first-order valence-electron chi connectivity index (χ1n) is 10.8. The normalized spacial score (nSPS) is 12.1. The van der Waals surface area contributed by atoms with Crippen LogP contribution >= 0.6 is 0 Å². The molecule has 1 unspecified atom stereocenters. The molecule has 174 valence electrons. The summed E-state index contributed by atoms with van der Waals surface area (Å²) in [7, 11) is -3.94. The highest BCUT2D eigenvalue weighted by Gasteiger charge is 2.28. The molecule has 0 spiro atoms. The Morgan fingerprint density at radius 1 is 0.939 bits per heavy atom. The summed E-state index contributed by atoms with van der Waals surface area (Å²) in [4.78, 5) is 13.0. The third-order valence-electron chi connectivity index (χ3n) is 5.39. The number of amides is 1. The Morgan fingerprint density at radius 2 is 1.61 bits per heavy atom. The number of benzene rings is 3. The Labute approximate surface area is 196 Å². The van der Waals surface area contributed by atoms with Gasteiger partial charge in [-0.15, -0.1) is 0 Å². The summed E-state index contributed by atoms with van der Waals surface area (Å²) in [5.41, 5.74) is 3.37. The SMILES string of the molecule is Cc1ccc(OCC(C)NC(=O)CN(c2cccc(C)c2C)S(=O)(=O)c2ccccc2)cc1. The molecule has 0 aliphatic rings.